The number of nitrogens with one attached hydrogen (secondary N) is 2. The van der Waals surface area contributed by atoms with Crippen LogP contribution in [0.3, 0.4) is 0 Å². The van der Waals surface area contributed by atoms with Gasteiger partial charge in [0.25, 0.3) is 5.91 Å². The molecule has 33 heavy (non-hydrogen) atoms. The van der Waals surface area contributed by atoms with Crippen molar-refractivity contribution in [1.29, 1.82) is 0 Å². The van der Waals surface area contributed by atoms with E-state index in [-0.39, 0.29) is 5.91 Å². The summed E-state index contributed by atoms with van der Waals surface area (Å²) < 4.78 is 1.57. The highest BCUT2D eigenvalue weighted by molar-refractivity contribution is 5.92. The molecule has 0 radical (unpaired) electrons. The molecule has 11 heteroatoms. The topological polar surface area (TPSA) is 130 Å². The van der Waals surface area contributed by atoms with Gasteiger partial charge in [-0.15, -0.1) is 10.2 Å². The Morgan fingerprint density at radius 1 is 1.15 bits per heavy atom. The Hall–Kier alpha value is -4.15. The standard InChI is InChI=1S/C22H22N10O/c33-21(20-13-32(30-28-20)12-18-10-24-29-27-18)31-6-5-19-16(11-31)9-23-22(26-19)25-17-7-14-3-1-2-4-15(14)8-17/h1-4,9-10,13,17H,5-8,11-12H2,(H,23,25,26)(H,24,27,29). The number of anilines is 1. The summed E-state index contributed by atoms with van der Waals surface area (Å²) in [5.74, 6) is 0.500. The lowest BCUT2D eigenvalue weighted by atomic mass is 10.1. The first-order chi connectivity index (χ1) is 16.2. The first kappa shape index (κ1) is 19.5. The average Bonchev–Trinajstić information content (AvgIpc) is 3.59. The Bertz CT molecular complexity index is 1270. The molecule has 3 aromatic heterocycles. The molecule has 0 saturated heterocycles. The number of hydrogen-bond donors (Lipinski definition) is 2. The molecule has 11 nitrogen and oxygen atoms in total. The van der Waals surface area contributed by atoms with E-state index in [0.717, 1.165) is 24.1 Å². The second kappa shape index (κ2) is 8.08. The fourth-order valence-corrected chi connectivity index (χ4v) is 4.51. The van der Waals surface area contributed by atoms with Gasteiger partial charge in [0.05, 0.1) is 18.4 Å². The number of carbonyl (C=O) groups excluding carboxylic acids is 1. The van der Waals surface area contributed by atoms with Gasteiger partial charge in [-0.1, -0.05) is 34.7 Å². The Kier molecular flexibility index (Phi) is 4.78. The van der Waals surface area contributed by atoms with Gasteiger partial charge in [0.15, 0.2) is 5.69 Å². The van der Waals surface area contributed by atoms with Crippen molar-refractivity contribution in [2.45, 2.75) is 38.4 Å². The Morgan fingerprint density at radius 3 is 2.79 bits per heavy atom. The van der Waals surface area contributed by atoms with E-state index in [1.54, 1.807) is 22.0 Å². The lowest BCUT2D eigenvalue weighted by molar-refractivity contribution is 0.0727. The van der Waals surface area contributed by atoms with Gasteiger partial charge in [-0.3, -0.25) is 9.89 Å². The van der Waals surface area contributed by atoms with Crippen LogP contribution in [-0.4, -0.2) is 63.8 Å². The predicted octanol–water partition coefficient (Wildman–Crippen LogP) is 1.01. The molecule has 1 amide bonds. The largest absolute Gasteiger partial charge is 0.351 e. The van der Waals surface area contributed by atoms with Gasteiger partial charge in [0, 0.05) is 43.5 Å². The summed E-state index contributed by atoms with van der Waals surface area (Å²) in [7, 11) is 0. The van der Waals surface area contributed by atoms with Gasteiger partial charge < -0.3 is 10.2 Å². The first-order valence-corrected chi connectivity index (χ1v) is 10.9. The maximum Gasteiger partial charge on any atom is 0.276 e. The van der Waals surface area contributed by atoms with E-state index in [9.17, 15) is 4.79 Å². The molecule has 1 aliphatic heterocycles. The predicted molar refractivity (Wildman–Crippen MR) is 117 cm³/mol. The van der Waals surface area contributed by atoms with Crippen LogP contribution in [0.1, 0.15) is 38.6 Å². The van der Waals surface area contributed by atoms with Crippen LogP contribution in [0.2, 0.25) is 0 Å². The number of carbonyl (C=O) groups is 1. The molecule has 4 aromatic rings. The van der Waals surface area contributed by atoms with E-state index in [1.807, 2.05) is 6.20 Å². The van der Waals surface area contributed by atoms with Gasteiger partial charge >= 0.3 is 0 Å². The Morgan fingerprint density at radius 2 is 2.00 bits per heavy atom. The number of fused-ring (bicyclic) bond motifs is 2. The normalized spacial score (nSPS) is 15.3. The smallest absolute Gasteiger partial charge is 0.276 e. The lowest BCUT2D eigenvalue weighted by Crippen LogP contribution is -2.37. The number of H-pyrrole nitrogens is 1. The van der Waals surface area contributed by atoms with Crippen LogP contribution in [-0.2, 0) is 32.4 Å². The SMILES string of the molecule is O=C(c1cn(Cc2c[nH]nn2)nn1)N1CCc2nc(NC3Cc4ccccc4C3)ncc2C1. The first-order valence-electron chi connectivity index (χ1n) is 10.9. The second-order valence-electron chi connectivity index (χ2n) is 8.43. The third-order valence-corrected chi connectivity index (χ3v) is 6.15. The minimum absolute atomic E-state index is 0.155. The summed E-state index contributed by atoms with van der Waals surface area (Å²) in [6, 6.07) is 8.84. The molecule has 2 N–H and O–H groups in total. The monoisotopic (exact) mass is 442 g/mol. The highest BCUT2D eigenvalue weighted by atomic mass is 16.2. The third kappa shape index (κ3) is 3.93. The summed E-state index contributed by atoms with van der Waals surface area (Å²) in [5, 5.41) is 21.8. The highest BCUT2D eigenvalue weighted by Crippen LogP contribution is 2.25. The summed E-state index contributed by atoms with van der Waals surface area (Å²) in [6.45, 7) is 1.43. The molecule has 4 heterocycles. The zero-order valence-corrected chi connectivity index (χ0v) is 17.8. The number of rotatable bonds is 5. The van der Waals surface area contributed by atoms with Crippen molar-refractivity contribution in [3.63, 3.8) is 0 Å². The van der Waals surface area contributed by atoms with Gasteiger partial charge in [-0.05, 0) is 24.0 Å². The molecule has 0 atom stereocenters. The molecule has 0 saturated carbocycles. The second-order valence-corrected chi connectivity index (χ2v) is 8.43. The fourth-order valence-electron chi connectivity index (χ4n) is 4.51. The quantitative estimate of drug-likeness (QED) is 0.468. The summed E-state index contributed by atoms with van der Waals surface area (Å²) in [4.78, 5) is 24.0. The maximum absolute atomic E-state index is 13.0. The molecular formula is C22H22N10O. The fraction of sp³-hybridized carbons (Fsp3) is 0.318. The molecule has 0 fully saturated rings. The number of amides is 1. The number of aromatic nitrogens is 8. The van der Waals surface area contributed by atoms with E-state index < -0.39 is 0 Å². The zero-order valence-electron chi connectivity index (χ0n) is 17.8. The zero-order chi connectivity index (χ0) is 22.2. The minimum Gasteiger partial charge on any atom is -0.351 e. The van der Waals surface area contributed by atoms with Crippen LogP contribution in [0, 0.1) is 0 Å². The van der Waals surface area contributed by atoms with E-state index in [1.165, 1.54) is 11.1 Å². The van der Waals surface area contributed by atoms with Gasteiger partial charge in [-0.2, -0.15) is 0 Å². The molecule has 6 rings (SSSR count). The Labute approximate surface area is 189 Å². The number of hydrogen-bond acceptors (Lipinski definition) is 8. The molecule has 2 aliphatic rings. The van der Waals surface area contributed by atoms with Crippen molar-refractivity contribution in [3.8, 4) is 0 Å². The third-order valence-electron chi connectivity index (χ3n) is 6.15. The number of nitrogens with zero attached hydrogens (tertiary/aromatic N) is 8. The van der Waals surface area contributed by atoms with Crippen LogP contribution < -0.4 is 5.32 Å². The Balaban J connectivity index is 1.10. The van der Waals surface area contributed by atoms with E-state index in [4.69, 9.17) is 4.98 Å². The van der Waals surface area contributed by atoms with Crippen molar-refractivity contribution < 1.29 is 4.79 Å². The molecule has 0 bridgehead atoms. The summed E-state index contributed by atoms with van der Waals surface area (Å²) >= 11 is 0. The van der Waals surface area contributed by atoms with Crippen molar-refractivity contribution in [3.05, 3.63) is 76.6 Å². The molecule has 166 valence electrons. The number of benzene rings is 1. The molecular weight excluding hydrogens is 420 g/mol. The van der Waals surface area contributed by atoms with E-state index in [2.05, 4.69) is 60.3 Å². The summed E-state index contributed by atoms with van der Waals surface area (Å²) in [5.41, 5.74) is 5.75. The van der Waals surface area contributed by atoms with Crippen molar-refractivity contribution in [2.75, 3.05) is 11.9 Å². The van der Waals surface area contributed by atoms with Gasteiger partial charge in [0.1, 0.15) is 5.69 Å². The van der Waals surface area contributed by atoms with Gasteiger partial charge in [-0.25, -0.2) is 14.6 Å². The minimum atomic E-state index is -0.155. The lowest BCUT2D eigenvalue weighted by Gasteiger charge is -2.27. The maximum atomic E-state index is 13.0. The molecule has 0 spiro atoms. The molecule has 1 aromatic carbocycles. The van der Waals surface area contributed by atoms with Crippen molar-refractivity contribution in [2.24, 2.45) is 0 Å². The van der Waals surface area contributed by atoms with Crippen molar-refractivity contribution in [1.82, 2.24) is 45.3 Å². The molecule has 1 aliphatic carbocycles. The highest BCUT2D eigenvalue weighted by Gasteiger charge is 2.26. The van der Waals surface area contributed by atoms with Crippen molar-refractivity contribution >= 4 is 11.9 Å². The number of aromatic amines is 1. The van der Waals surface area contributed by atoms with Crippen LogP contribution >= 0.6 is 0 Å². The van der Waals surface area contributed by atoms with Crippen LogP contribution in [0.4, 0.5) is 5.95 Å². The molecule has 0 unspecified atom stereocenters. The van der Waals surface area contributed by atoms with Crippen LogP contribution in [0.25, 0.3) is 0 Å². The average molecular weight is 442 g/mol. The van der Waals surface area contributed by atoms with E-state index >= 15 is 0 Å². The van der Waals surface area contributed by atoms with Crippen LogP contribution in [0.15, 0.2) is 42.9 Å². The van der Waals surface area contributed by atoms with E-state index in [0.29, 0.717) is 49.4 Å². The summed E-state index contributed by atoms with van der Waals surface area (Å²) in [6.07, 6.45) is 7.78. The van der Waals surface area contributed by atoms with Crippen LogP contribution in [0.5, 0.6) is 0 Å². The van der Waals surface area contributed by atoms with Gasteiger partial charge in [0.2, 0.25) is 5.95 Å².